The molecule has 21 heavy (non-hydrogen) atoms. The van der Waals surface area contributed by atoms with Crippen molar-refractivity contribution >= 4 is 11.6 Å². The average molecular weight is 291 g/mol. The van der Waals surface area contributed by atoms with Crippen molar-refractivity contribution in [3.63, 3.8) is 0 Å². The van der Waals surface area contributed by atoms with E-state index in [4.69, 9.17) is 10.5 Å². The van der Waals surface area contributed by atoms with Crippen LogP contribution in [0.2, 0.25) is 0 Å². The van der Waals surface area contributed by atoms with Crippen molar-refractivity contribution in [3.8, 4) is 5.75 Å². The van der Waals surface area contributed by atoms with Crippen LogP contribution >= 0.6 is 0 Å². The van der Waals surface area contributed by atoms with Gasteiger partial charge in [0.25, 0.3) is 0 Å². The molecule has 0 unspecified atom stereocenters. The zero-order chi connectivity index (χ0) is 15.1. The molecule has 1 aromatic rings. The first kappa shape index (κ1) is 15.6. The van der Waals surface area contributed by atoms with Crippen LogP contribution in [0.1, 0.15) is 19.3 Å². The van der Waals surface area contributed by atoms with Crippen molar-refractivity contribution in [2.75, 3.05) is 44.7 Å². The number of nitrogens with zero attached hydrogens (tertiary/aromatic N) is 2. The molecule has 0 radical (unpaired) electrons. The molecule has 2 rings (SSSR count). The number of anilines is 1. The maximum Gasteiger partial charge on any atom is 0.242 e. The molecule has 5 heteroatoms. The van der Waals surface area contributed by atoms with Gasteiger partial charge in [-0.05, 0) is 37.9 Å². The zero-order valence-corrected chi connectivity index (χ0v) is 12.8. The highest BCUT2D eigenvalue weighted by molar-refractivity contribution is 5.82. The predicted octanol–water partition coefficient (Wildman–Crippen LogP) is 1.47. The molecule has 1 amide bonds. The summed E-state index contributed by atoms with van der Waals surface area (Å²) in [5.41, 5.74) is 6.58. The molecule has 0 atom stereocenters. The van der Waals surface area contributed by atoms with Gasteiger partial charge >= 0.3 is 0 Å². The fraction of sp³-hybridized carbons (Fsp3) is 0.562. The summed E-state index contributed by atoms with van der Waals surface area (Å²) < 4.78 is 5.42. The lowest BCUT2D eigenvalue weighted by Crippen LogP contribution is -2.40. The number of benzene rings is 1. The van der Waals surface area contributed by atoms with Crippen LogP contribution in [0.15, 0.2) is 24.3 Å². The van der Waals surface area contributed by atoms with Gasteiger partial charge < -0.3 is 20.3 Å². The standard InChI is InChI=1S/C16H25N3O2/c1-21-15-8-3-2-7-14(15)19(12-6-9-17)13-16(20)18-10-4-5-11-18/h2-3,7-8H,4-6,9-13,17H2,1H3. The summed E-state index contributed by atoms with van der Waals surface area (Å²) >= 11 is 0. The summed E-state index contributed by atoms with van der Waals surface area (Å²) in [6.07, 6.45) is 3.08. The Morgan fingerprint density at radius 2 is 2.05 bits per heavy atom. The van der Waals surface area contributed by atoms with E-state index in [1.807, 2.05) is 29.2 Å². The molecule has 0 spiro atoms. The van der Waals surface area contributed by atoms with Gasteiger partial charge in [0.1, 0.15) is 5.75 Å². The Morgan fingerprint density at radius 3 is 2.71 bits per heavy atom. The van der Waals surface area contributed by atoms with Gasteiger partial charge in [0.15, 0.2) is 0 Å². The van der Waals surface area contributed by atoms with E-state index in [1.165, 1.54) is 0 Å². The third kappa shape index (κ3) is 4.11. The van der Waals surface area contributed by atoms with Crippen molar-refractivity contribution < 1.29 is 9.53 Å². The maximum absolute atomic E-state index is 12.4. The van der Waals surface area contributed by atoms with Crippen molar-refractivity contribution in [2.45, 2.75) is 19.3 Å². The van der Waals surface area contributed by atoms with E-state index in [9.17, 15) is 4.79 Å². The minimum absolute atomic E-state index is 0.190. The van der Waals surface area contributed by atoms with Crippen LogP contribution in [-0.4, -0.2) is 50.6 Å². The normalized spacial score (nSPS) is 14.3. The summed E-state index contributed by atoms with van der Waals surface area (Å²) in [6.45, 7) is 3.53. The van der Waals surface area contributed by atoms with Crippen LogP contribution in [0.4, 0.5) is 5.69 Å². The summed E-state index contributed by atoms with van der Waals surface area (Å²) in [7, 11) is 1.65. The van der Waals surface area contributed by atoms with Gasteiger partial charge in [0, 0.05) is 19.6 Å². The predicted molar refractivity (Wildman–Crippen MR) is 84.7 cm³/mol. The Morgan fingerprint density at radius 1 is 1.33 bits per heavy atom. The molecule has 1 saturated heterocycles. The van der Waals surface area contributed by atoms with Gasteiger partial charge in [-0.1, -0.05) is 12.1 Å². The van der Waals surface area contributed by atoms with Gasteiger partial charge in [0.2, 0.25) is 5.91 Å². The lowest BCUT2D eigenvalue weighted by Gasteiger charge is -2.28. The molecule has 0 saturated carbocycles. The largest absolute Gasteiger partial charge is 0.495 e. The maximum atomic E-state index is 12.4. The molecule has 1 fully saturated rings. The number of hydrogen-bond donors (Lipinski definition) is 1. The van der Waals surface area contributed by atoms with Crippen LogP contribution in [0.25, 0.3) is 0 Å². The monoisotopic (exact) mass is 291 g/mol. The SMILES string of the molecule is COc1ccccc1N(CCCN)CC(=O)N1CCCC1. The molecule has 2 N–H and O–H groups in total. The third-order valence-corrected chi connectivity index (χ3v) is 3.84. The Kier molecular flexibility index (Phi) is 5.87. The number of carbonyl (C=O) groups is 1. The Bertz CT molecular complexity index is 459. The van der Waals surface area contributed by atoms with Crippen LogP contribution in [-0.2, 0) is 4.79 Å². The summed E-state index contributed by atoms with van der Waals surface area (Å²) in [5, 5.41) is 0. The second-order valence-corrected chi connectivity index (χ2v) is 5.32. The van der Waals surface area contributed by atoms with E-state index in [-0.39, 0.29) is 5.91 Å². The van der Waals surface area contributed by atoms with Gasteiger partial charge in [-0.3, -0.25) is 4.79 Å². The van der Waals surface area contributed by atoms with Gasteiger partial charge in [-0.2, -0.15) is 0 Å². The average Bonchev–Trinajstić information content (AvgIpc) is 3.05. The van der Waals surface area contributed by atoms with Crippen molar-refractivity contribution in [1.29, 1.82) is 0 Å². The highest BCUT2D eigenvalue weighted by Crippen LogP contribution is 2.27. The summed E-state index contributed by atoms with van der Waals surface area (Å²) in [5.74, 6) is 0.985. The molecule has 1 heterocycles. The molecule has 5 nitrogen and oxygen atoms in total. The number of hydrogen-bond acceptors (Lipinski definition) is 4. The molecular formula is C16H25N3O2. The number of amides is 1. The summed E-state index contributed by atoms with van der Waals surface area (Å²) in [6, 6.07) is 7.82. The van der Waals surface area contributed by atoms with Crippen LogP contribution in [0.3, 0.4) is 0 Å². The smallest absolute Gasteiger partial charge is 0.242 e. The molecule has 1 aliphatic heterocycles. The van der Waals surface area contributed by atoms with E-state index >= 15 is 0 Å². The van der Waals surface area contributed by atoms with Crippen molar-refractivity contribution in [3.05, 3.63) is 24.3 Å². The molecule has 1 aliphatic rings. The van der Waals surface area contributed by atoms with E-state index in [1.54, 1.807) is 7.11 Å². The van der Waals surface area contributed by atoms with Crippen molar-refractivity contribution in [1.82, 2.24) is 4.90 Å². The van der Waals surface area contributed by atoms with Gasteiger partial charge in [-0.25, -0.2) is 0 Å². The minimum Gasteiger partial charge on any atom is -0.495 e. The van der Waals surface area contributed by atoms with Crippen LogP contribution in [0, 0.1) is 0 Å². The molecule has 0 aromatic heterocycles. The van der Waals surface area contributed by atoms with E-state index < -0.39 is 0 Å². The Hall–Kier alpha value is -1.75. The fourth-order valence-corrected chi connectivity index (χ4v) is 2.69. The van der Waals surface area contributed by atoms with E-state index in [0.717, 1.165) is 50.3 Å². The number of carbonyl (C=O) groups excluding carboxylic acids is 1. The topological polar surface area (TPSA) is 58.8 Å². The molecule has 0 bridgehead atoms. The first-order chi connectivity index (χ1) is 10.3. The zero-order valence-electron chi connectivity index (χ0n) is 12.8. The summed E-state index contributed by atoms with van der Waals surface area (Å²) in [4.78, 5) is 16.4. The first-order valence-corrected chi connectivity index (χ1v) is 7.62. The molecule has 1 aromatic carbocycles. The lowest BCUT2D eigenvalue weighted by molar-refractivity contribution is -0.128. The number of ether oxygens (including phenoxy) is 1. The van der Waals surface area contributed by atoms with Gasteiger partial charge in [0.05, 0.1) is 19.3 Å². The second kappa shape index (κ2) is 7.88. The number of rotatable bonds is 7. The molecule has 0 aliphatic carbocycles. The highest BCUT2D eigenvalue weighted by atomic mass is 16.5. The van der Waals surface area contributed by atoms with Crippen molar-refractivity contribution in [2.24, 2.45) is 5.73 Å². The van der Waals surface area contributed by atoms with Crippen LogP contribution < -0.4 is 15.4 Å². The third-order valence-electron chi connectivity index (χ3n) is 3.84. The number of nitrogens with two attached hydrogens (primary N) is 1. The number of para-hydroxylation sites is 2. The molecule has 116 valence electrons. The number of methoxy groups -OCH3 is 1. The minimum atomic E-state index is 0.190. The Balaban J connectivity index is 2.11. The molecular weight excluding hydrogens is 266 g/mol. The van der Waals surface area contributed by atoms with E-state index in [2.05, 4.69) is 4.90 Å². The number of likely N-dealkylation sites (tertiary alicyclic amines) is 1. The Labute approximate surface area is 126 Å². The fourth-order valence-electron chi connectivity index (χ4n) is 2.69. The van der Waals surface area contributed by atoms with Crippen LogP contribution in [0.5, 0.6) is 5.75 Å². The van der Waals surface area contributed by atoms with E-state index in [0.29, 0.717) is 13.1 Å². The second-order valence-electron chi connectivity index (χ2n) is 5.32. The lowest BCUT2D eigenvalue weighted by atomic mass is 10.2. The highest BCUT2D eigenvalue weighted by Gasteiger charge is 2.21. The first-order valence-electron chi connectivity index (χ1n) is 7.62. The van der Waals surface area contributed by atoms with Gasteiger partial charge in [-0.15, -0.1) is 0 Å². The quantitative estimate of drug-likeness (QED) is 0.826.